The van der Waals surface area contributed by atoms with Crippen molar-refractivity contribution in [2.45, 2.75) is 0 Å². The highest BCUT2D eigenvalue weighted by Gasteiger charge is 2.23. The fourth-order valence-electron chi connectivity index (χ4n) is 2.03. The van der Waals surface area contributed by atoms with Gasteiger partial charge in [0, 0.05) is 12.1 Å². The second-order valence-corrected chi connectivity index (χ2v) is 4.61. The summed E-state index contributed by atoms with van der Waals surface area (Å²) in [4.78, 5) is 9.75. The lowest BCUT2D eigenvalue weighted by atomic mass is 10.2. The van der Waals surface area contributed by atoms with Crippen LogP contribution in [0.1, 0.15) is 0 Å². The Balaban J connectivity index is 2.47. The molecule has 10 heteroatoms. The number of nitro benzene ring substituents is 1. The van der Waals surface area contributed by atoms with Gasteiger partial charge in [-0.05, 0) is 12.1 Å². The summed E-state index contributed by atoms with van der Waals surface area (Å²) in [6, 6.07) is 4.97. The average molecular weight is 351 g/mol. The molecule has 0 fully saturated rings. The summed E-state index contributed by atoms with van der Waals surface area (Å²) in [7, 11) is 4.27. The Labute approximate surface area is 141 Å². The minimum absolute atomic E-state index is 0.240. The Hall–Kier alpha value is -3.43. The molecule has 2 aromatic carbocycles. The molecule has 0 saturated heterocycles. The lowest BCUT2D eigenvalue weighted by Crippen LogP contribution is -1.94. The molecule has 0 aliphatic heterocycles. The summed E-state index contributed by atoms with van der Waals surface area (Å²) < 4.78 is 29.6. The van der Waals surface area contributed by atoms with E-state index >= 15 is 0 Å². The van der Waals surface area contributed by atoms with Crippen molar-refractivity contribution in [3.05, 3.63) is 40.2 Å². The molecule has 2 rings (SSSR count). The number of methoxy groups -OCH3 is 3. The Morgan fingerprint density at radius 1 is 1.08 bits per heavy atom. The normalized spacial score (nSPS) is 10.7. The molecule has 0 aliphatic rings. The molecule has 0 aromatic heterocycles. The number of ether oxygens (including phenoxy) is 3. The quantitative estimate of drug-likeness (QED) is 0.479. The first-order valence-electron chi connectivity index (χ1n) is 6.80. The van der Waals surface area contributed by atoms with E-state index in [2.05, 4.69) is 10.2 Å². The summed E-state index contributed by atoms with van der Waals surface area (Å²) in [6.45, 7) is 0. The van der Waals surface area contributed by atoms with Crippen molar-refractivity contribution < 1.29 is 28.6 Å². The smallest absolute Gasteiger partial charge is 0.348 e. The number of halogens is 1. The molecule has 2 aromatic rings. The third-order valence-corrected chi connectivity index (χ3v) is 3.18. The molecule has 132 valence electrons. The largest absolute Gasteiger partial charge is 0.502 e. The molecular formula is C15H14FN3O6. The molecule has 25 heavy (non-hydrogen) atoms. The number of azo groups is 1. The maximum absolute atomic E-state index is 14.1. The highest BCUT2D eigenvalue weighted by atomic mass is 19.1. The van der Waals surface area contributed by atoms with E-state index in [9.17, 15) is 19.6 Å². The zero-order valence-corrected chi connectivity index (χ0v) is 13.5. The first kappa shape index (κ1) is 17.9. The van der Waals surface area contributed by atoms with Crippen LogP contribution >= 0.6 is 0 Å². The highest BCUT2D eigenvalue weighted by Crippen LogP contribution is 2.41. The number of phenolic OH excluding ortho intramolecular Hbond substituents is 1. The topological polar surface area (TPSA) is 116 Å². The van der Waals surface area contributed by atoms with Crippen molar-refractivity contribution in [2.24, 2.45) is 10.2 Å². The zero-order chi connectivity index (χ0) is 18.6. The number of phenols is 1. The maximum Gasteiger partial charge on any atom is 0.348 e. The van der Waals surface area contributed by atoms with Crippen molar-refractivity contribution in [3.8, 4) is 23.0 Å². The Morgan fingerprint density at radius 2 is 1.68 bits per heavy atom. The number of benzene rings is 2. The first-order valence-corrected chi connectivity index (χ1v) is 6.80. The van der Waals surface area contributed by atoms with E-state index < -0.39 is 27.9 Å². The molecule has 0 atom stereocenters. The van der Waals surface area contributed by atoms with Crippen molar-refractivity contribution in [1.82, 2.24) is 0 Å². The van der Waals surface area contributed by atoms with Gasteiger partial charge in [0.05, 0.1) is 31.9 Å². The van der Waals surface area contributed by atoms with Crippen LogP contribution in [-0.2, 0) is 0 Å². The molecule has 1 N–H and O–H groups in total. The minimum Gasteiger partial charge on any atom is -0.502 e. The highest BCUT2D eigenvalue weighted by molar-refractivity contribution is 5.61. The Bertz CT molecular complexity index is 815. The number of nitro groups is 1. The van der Waals surface area contributed by atoms with Crippen LogP contribution in [0.25, 0.3) is 0 Å². The second kappa shape index (κ2) is 7.43. The molecular weight excluding hydrogens is 337 g/mol. The van der Waals surface area contributed by atoms with Crippen LogP contribution in [0.3, 0.4) is 0 Å². The van der Waals surface area contributed by atoms with Gasteiger partial charge in [0.15, 0.2) is 17.2 Å². The molecule has 0 spiro atoms. The van der Waals surface area contributed by atoms with E-state index in [-0.39, 0.29) is 5.69 Å². The third kappa shape index (κ3) is 3.57. The SMILES string of the molecule is COc1cc(/N=N/c2ccc(O)c([N+](=O)[O-])c2F)cc(OC)c1OC. The minimum atomic E-state index is -1.29. The van der Waals surface area contributed by atoms with Crippen LogP contribution in [0.2, 0.25) is 0 Å². The zero-order valence-electron chi connectivity index (χ0n) is 13.5. The standard InChI is InChI=1S/C15H14FN3O6/c1-23-11-6-8(7-12(24-2)15(11)25-3)17-18-9-4-5-10(20)14(13(9)16)19(21)22/h4-7,20H,1-3H3/b18-17+. The molecule has 0 amide bonds. The van der Waals surface area contributed by atoms with Gasteiger partial charge in [-0.1, -0.05) is 0 Å². The number of aromatic hydroxyl groups is 1. The molecule has 0 bridgehead atoms. The van der Waals surface area contributed by atoms with Gasteiger partial charge in [-0.2, -0.15) is 9.50 Å². The fourth-order valence-corrected chi connectivity index (χ4v) is 2.03. The van der Waals surface area contributed by atoms with Crippen molar-refractivity contribution in [2.75, 3.05) is 21.3 Å². The van der Waals surface area contributed by atoms with Gasteiger partial charge in [0.25, 0.3) is 0 Å². The van der Waals surface area contributed by atoms with Crippen LogP contribution < -0.4 is 14.2 Å². The molecule has 0 aliphatic carbocycles. The number of rotatable bonds is 6. The molecule has 0 radical (unpaired) electrons. The van der Waals surface area contributed by atoms with Crippen molar-refractivity contribution >= 4 is 17.1 Å². The number of hydrogen-bond donors (Lipinski definition) is 1. The van der Waals surface area contributed by atoms with Gasteiger partial charge < -0.3 is 19.3 Å². The van der Waals surface area contributed by atoms with Crippen LogP contribution in [0.4, 0.5) is 21.5 Å². The van der Waals surface area contributed by atoms with Crippen molar-refractivity contribution in [1.29, 1.82) is 0 Å². The number of hydrogen-bond acceptors (Lipinski definition) is 8. The predicted octanol–water partition coefficient (Wildman–Crippen LogP) is 3.88. The lowest BCUT2D eigenvalue weighted by molar-refractivity contribution is -0.388. The van der Waals surface area contributed by atoms with Crippen LogP contribution in [-0.4, -0.2) is 31.4 Å². The summed E-state index contributed by atoms with van der Waals surface area (Å²) >= 11 is 0. The molecule has 9 nitrogen and oxygen atoms in total. The summed E-state index contributed by atoms with van der Waals surface area (Å²) in [5, 5.41) is 27.6. The summed E-state index contributed by atoms with van der Waals surface area (Å²) in [5.74, 6) is -1.12. The Morgan fingerprint density at radius 3 is 2.16 bits per heavy atom. The van der Waals surface area contributed by atoms with Gasteiger partial charge in [-0.3, -0.25) is 10.1 Å². The van der Waals surface area contributed by atoms with Gasteiger partial charge in [0.2, 0.25) is 11.6 Å². The second-order valence-electron chi connectivity index (χ2n) is 4.61. The predicted molar refractivity (Wildman–Crippen MR) is 85.0 cm³/mol. The van der Waals surface area contributed by atoms with Crippen molar-refractivity contribution in [3.63, 3.8) is 0 Å². The van der Waals surface area contributed by atoms with Gasteiger partial charge >= 0.3 is 5.69 Å². The van der Waals surface area contributed by atoms with Gasteiger partial charge in [-0.25, -0.2) is 0 Å². The van der Waals surface area contributed by atoms with E-state index in [1.54, 1.807) is 0 Å². The molecule has 0 saturated carbocycles. The maximum atomic E-state index is 14.1. The van der Waals surface area contributed by atoms with E-state index in [0.29, 0.717) is 17.2 Å². The fraction of sp³-hybridized carbons (Fsp3) is 0.200. The first-order chi connectivity index (χ1) is 11.9. The third-order valence-electron chi connectivity index (χ3n) is 3.18. The molecule has 0 unspecified atom stereocenters. The van der Waals surface area contributed by atoms with Crippen LogP contribution in [0, 0.1) is 15.9 Å². The van der Waals surface area contributed by atoms with E-state index in [4.69, 9.17) is 14.2 Å². The number of nitrogens with zero attached hydrogens (tertiary/aromatic N) is 3. The summed E-state index contributed by atoms with van der Waals surface area (Å²) in [5.41, 5.74) is -1.23. The van der Waals surface area contributed by atoms with E-state index in [0.717, 1.165) is 12.1 Å². The van der Waals surface area contributed by atoms with E-state index in [1.807, 2.05) is 0 Å². The monoisotopic (exact) mass is 351 g/mol. The van der Waals surface area contributed by atoms with Crippen LogP contribution in [0.5, 0.6) is 23.0 Å². The Kier molecular flexibility index (Phi) is 5.32. The van der Waals surface area contributed by atoms with Gasteiger partial charge in [0.1, 0.15) is 5.69 Å². The average Bonchev–Trinajstić information content (AvgIpc) is 2.59. The summed E-state index contributed by atoms with van der Waals surface area (Å²) in [6.07, 6.45) is 0. The van der Waals surface area contributed by atoms with E-state index in [1.165, 1.54) is 33.5 Å². The molecule has 0 heterocycles. The lowest BCUT2D eigenvalue weighted by Gasteiger charge is -2.12. The van der Waals surface area contributed by atoms with Gasteiger partial charge in [-0.15, -0.1) is 5.11 Å². The van der Waals surface area contributed by atoms with Crippen LogP contribution in [0.15, 0.2) is 34.5 Å².